The molecule has 0 aliphatic rings. The van der Waals surface area contributed by atoms with Gasteiger partial charge in [0.2, 0.25) is 0 Å². The van der Waals surface area contributed by atoms with Crippen molar-refractivity contribution in [1.82, 2.24) is 0 Å². The molecular weight excluding hydrogens is 218 g/mol. The van der Waals surface area contributed by atoms with Gasteiger partial charge in [0, 0.05) is 7.11 Å². The van der Waals surface area contributed by atoms with Gasteiger partial charge in [0.05, 0.1) is 19.3 Å². The van der Waals surface area contributed by atoms with Gasteiger partial charge in [-0.25, -0.2) is 4.79 Å². The predicted octanol–water partition coefficient (Wildman–Crippen LogP) is 2.01. The van der Waals surface area contributed by atoms with Crippen LogP contribution in [0.2, 0.25) is 0 Å². The third kappa shape index (κ3) is 4.78. The van der Waals surface area contributed by atoms with Crippen LogP contribution >= 0.6 is 0 Å². The second-order valence-corrected chi connectivity index (χ2v) is 3.41. The molecule has 0 amide bonds. The van der Waals surface area contributed by atoms with Crippen LogP contribution in [0.1, 0.15) is 18.5 Å². The lowest BCUT2D eigenvalue weighted by Gasteiger charge is -2.11. The molecule has 0 aliphatic carbocycles. The molecule has 0 radical (unpaired) electrons. The zero-order valence-corrected chi connectivity index (χ0v) is 10.1. The summed E-state index contributed by atoms with van der Waals surface area (Å²) < 4.78 is 9.86. The third-order valence-corrected chi connectivity index (χ3v) is 2.16. The number of hydrogen-bond donors (Lipinski definition) is 0. The topological polar surface area (TPSA) is 47.9 Å². The number of rotatable bonds is 6. The highest BCUT2D eigenvalue weighted by Gasteiger charge is 2.09. The SMILES string of the molecule is CCOC(=O)C=N[C@@H](COC)c1ccccc1. The van der Waals surface area contributed by atoms with Crippen LogP contribution in [-0.2, 0) is 14.3 Å². The van der Waals surface area contributed by atoms with Crippen LogP contribution < -0.4 is 0 Å². The van der Waals surface area contributed by atoms with Crippen LogP contribution in [0.3, 0.4) is 0 Å². The smallest absolute Gasteiger partial charge is 0.348 e. The molecule has 0 fully saturated rings. The number of ether oxygens (including phenoxy) is 2. The molecule has 0 spiro atoms. The lowest BCUT2D eigenvalue weighted by Crippen LogP contribution is -2.09. The number of esters is 1. The van der Waals surface area contributed by atoms with Gasteiger partial charge in [-0.2, -0.15) is 0 Å². The lowest BCUT2D eigenvalue weighted by molar-refractivity contribution is -0.134. The highest BCUT2D eigenvalue weighted by molar-refractivity contribution is 6.23. The molecule has 0 aromatic heterocycles. The normalized spacial score (nSPS) is 12.6. The maximum atomic E-state index is 11.2. The minimum Gasteiger partial charge on any atom is -0.462 e. The Morgan fingerprint density at radius 2 is 2.12 bits per heavy atom. The van der Waals surface area contributed by atoms with Crippen LogP contribution in [0.5, 0.6) is 0 Å². The second kappa shape index (κ2) is 7.57. The van der Waals surface area contributed by atoms with Gasteiger partial charge < -0.3 is 9.47 Å². The second-order valence-electron chi connectivity index (χ2n) is 3.41. The molecule has 4 nitrogen and oxygen atoms in total. The maximum absolute atomic E-state index is 11.2. The predicted molar refractivity (Wildman–Crippen MR) is 66.2 cm³/mol. The molecule has 4 heteroatoms. The van der Waals surface area contributed by atoms with Crippen LogP contribution in [0.25, 0.3) is 0 Å². The van der Waals surface area contributed by atoms with E-state index in [0.717, 1.165) is 5.56 Å². The zero-order chi connectivity index (χ0) is 12.5. The highest BCUT2D eigenvalue weighted by Crippen LogP contribution is 2.16. The lowest BCUT2D eigenvalue weighted by atomic mass is 10.1. The fraction of sp³-hybridized carbons (Fsp3) is 0.385. The first kappa shape index (κ1) is 13.4. The van der Waals surface area contributed by atoms with Gasteiger partial charge in [-0.1, -0.05) is 30.3 Å². The average Bonchev–Trinajstić information content (AvgIpc) is 2.36. The summed E-state index contributed by atoms with van der Waals surface area (Å²) in [5.74, 6) is -0.426. The van der Waals surface area contributed by atoms with Crippen LogP contribution in [0.4, 0.5) is 0 Å². The number of carbonyl (C=O) groups excluding carboxylic acids is 1. The Morgan fingerprint density at radius 3 is 2.71 bits per heavy atom. The van der Waals surface area contributed by atoms with Gasteiger partial charge in [-0.05, 0) is 12.5 Å². The first-order chi connectivity index (χ1) is 8.27. The number of hydrogen-bond acceptors (Lipinski definition) is 4. The molecule has 0 saturated carbocycles. The molecule has 0 heterocycles. The molecule has 0 N–H and O–H groups in total. The van der Waals surface area contributed by atoms with E-state index in [0.29, 0.717) is 13.2 Å². The first-order valence-electron chi connectivity index (χ1n) is 5.51. The third-order valence-electron chi connectivity index (χ3n) is 2.16. The van der Waals surface area contributed by atoms with Crippen molar-refractivity contribution < 1.29 is 14.3 Å². The number of methoxy groups -OCH3 is 1. The summed E-state index contributed by atoms with van der Waals surface area (Å²) in [6.07, 6.45) is 1.21. The van der Waals surface area contributed by atoms with Crippen molar-refractivity contribution in [1.29, 1.82) is 0 Å². The average molecular weight is 235 g/mol. The Labute approximate surface area is 101 Å². The Hall–Kier alpha value is -1.68. The van der Waals surface area contributed by atoms with Crippen LogP contribution in [0, 0.1) is 0 Å². The summed E-state index contributed by atoms with van der Waals surface area (Å²) in [5, 5.41) is 0. The quantitative estimate of drug-likeness (QED) is 0.559. The van der Waals surface area contributed by atoms with Gasteiger partial charge in [-0.3, -0.25) is 4.99 Å². The minimum absolute atomic E-state index is 0.175. The summed E-state index contributed by atoms with van der Waals surface area (Å²) in [6, 6.07) is 9.52. The summed E-state index contributed by atoms with van der Waals surface area (Å²) in [6.45, 7) is 2.54. The van der Waals surface area contributed by atoms with Gasteiger partial charge >= 0.3 is 5.97 Å². The number of carbonyl (C=O) groups is 1. The van der Waals surface area contributed by atoms with Gasteiger partial charge in [0.1, 0.15) is 6.21 Å². The Bertz CT molecular complexity index is 362. The molecule has 92 valence electrons. The molecule has 0 saturated heterocycles. The summed E-state index contributed by atoms with van der Waals surface area (Å²) >= 11 is 0. The maximum Gasteiger partial charge on any atom is 0.348 e. The number of nitrogens with zero attached hydrogens (tertiary/aromatic N) is 1. The molecule has 1 aromatic rings. The standard InChI is InChI=1S/C13H17NO3/c1-3-17-13(15)9-14-12(10-16-2)11-7-5-4-6-8-11/h4-9,12H,3,10H2,1-2H3/t12-/m0/s1. The number of benzene rings is 1. The van der Waals surface area contributed by atoms with E-state index in [1.54, 1.807) is 14.0 Å². The highest BCUT2D eigenvalue weighted by atomic mass is 16.5. The summed E-state index contributed by atoms with van der Waals surface area (Å²) in [7, 11) is 1.61. The Morgan fingerprint density at radius 1 is 1.41 bits per heavy atom. The molecule has 0 bridgehead atoms. The first-order valence-corrected chi connectivity index (χ1v) is 5.51. The van der Waals surface area contributed by atoms with Gasteiger partial charge in [0.15, 0.2) is 0 Å². The summed E-state index contributed by atoms with van der Waals surface area (Å²) in [4.78, 5) is 15.3. The zero-order valence-electron chi connectivity index (χ0n) is 10.1. The van der Waals surface area contributed by atoms with E-state index in [2.05, 4.69) is 4.99 Å². The van der Waals surface area contributed by atoms with Crippen molar-refractivity contribution in [3.63, 3.8) is 0 Å². The van der Waals surface area contributed by atoms with Crippen molar-refractivity contribution in [2.24, 2.45) is 4.99 Å². The Kier molecular flexibility index (Phi) is 5.96. The van der Waals surface area contributed by atoms with Gasteiger partial charge in [0.25, 0.3) is 0 Å². The molecule has 0 unspecified atom stereocenters. The molecule has 1 atom stereocenters. The van der Waals surface area contributed by atoms with E-state index in [9.17, 15) is 4.79 Å². The Balaban J connectivity index is 2.70. The van der Waals surface area contributed by atoms with Crippen molar-refractivity contribution in [2.45, 2.75) is 13.0 Å². The molecule has 17 heavy (non-hydrogen) atoms. The van der Waals surface area contributed by atoms with E-state index >= 15 is 0 Å². The van der Waals surface area contributed by atoms with E-state index in [1.807, 2.05) is 30.3 Å². The van der Waals surface area contributed by atoms with Gasteiger partial charge in [-0.15, -0.1) is 0 Å². The summed E-state index contributed by atoms with van der Waals surface area (Å²) in [5.41, 5.74) is 1.01. The van der Waals surface area contributed by atoms with Crippen LogP contribution in [0.15, 0.2) is 35.3 Å². The molecule has 1 aromatic carbocycles. The molecular formula is C13H17NO3. The van der Waals surface area contributed by atoms with Crippen molar-refractivity contribution in [3.05, 3.63) is 35.9 Å². The monoisotopic (exact) mass is 235 g/mol. The minimum atomic E-state index is -0.426. The largest absolute Gasteiger partial charge is 0.462 e. The van der Waals surface area contributed by atoms with E-state index in [1.165, 1.54) is 6.21 Å². The van der Waals surface area contributed by atoms with Crippen molar-refractivity contribution in [3.8, 4) is 0 Å². The van der Waals surface area contributed by atoms with E-state index in [4.69, 9.17) is 9.47 Å². The fourth-order valence-electron chi connectivity index (χ4n) is 1.39. The van der Waals surface area contributed by atoms with E-state index in [-0.39, 0.29) is 6.04 Å². The van der Waals surface area contributed by atoms with Crippen molar-refractivity contribution in [2.75, 3.05) is 20.3 Å². The number of aliphatic imine (C=N–C) groups is 1. The van der Waals surface area contributed by atoms with E-state index < -0.39 is 5.97 Å². The molecule has 1 rings (SSSR count). The fourth-order valence-corrected chi connectivity index (χ4v) is 1.39. The van der Waals surface area contributed by atoms with Crippen molar-refractivity contribution >= 4 is 12.2 Å². The van der Waals surface area contributed by atoms with Crippen LogP contribution in [-0.4, -0.2) is 32.5 Å². The molecule has 0 aliphatic heterocycles.